The number of benzene rings is 1. The van der Waals surface area contributed by atoms with Gasteiger partial charge in [-0.15, -0.1) is 0 Å². The Morgan fingerprint density at radius 2 is 1.35 bits per heavy atom. The summed E-state index contributed by atoms with van der Waals surface area (Å²) in [4.78, 5) is 0. The van der Waals surface area contributed by atoms with E-state index in [0.29, 0.717) is 0 Å². The summed E-state index contributed by atoms with van der Waals surface area (Å²) in [6.07, 6.45) is 9.65. The number of rotatable bonds is 9. The number of aromatic hydroxyl groups is 2. The van der Waals surface area contributed by atoms with Gasteiger partial charge in [-0.3, -0.25) is 0 Å². The second-order valence-electron chi connectivity index (χ2n) is 5.64. The summed E-state index contributed by atoms with van der Waals surface area (Å²) in [6, 6.07) is 2.10. The normalized spacial score (nSPS) is 10.9. The molecular weight excluding hydrogens is 248 g/mol. The molecule has 20 heavy (non-hydrogen) atoms. The maximum Gasteiger partial charge on any atom is 0.161 e. The van der Waals surface area contributed by atoms with Crippen molar-refractivity contribution in [3.63, 3.8) is 0 Å². The van der Waals surface area contributed by atoms with Crippen LogP contribution in [0.25, 0.3) is 0 Å². The molecule has 0 fully saturated rings. The molecular formula is C18H30O2. The summed E-state index contributed by atoms with van der Waals surface area (Å²) in [7, 11) is 0. The Bertz CT molecular complexity index is 410. The van der Waals surface area contributed by atoms with Gasteiger partial charge in [-0.05, 0) is 43.2 Å². The molecule has 0 unspecified atom stereocenters. The minimum Gasteiger partial charge on any atom is -0.504 e. The molecule has 1 aromatic carbocycles. The summed E-state index contributed by atoms with van der Waals surface area (Å²) < 4.78 is 0. The second kappa shape index (κ2) is 8.89. The van der Waals surface area contributed by atoms with Crippen LogP contribution in [0, 0.1) is 0 Å². The molecule has 0 heterocycles. The molecule has 114 valence electrons. The average molecular weight is 278 g/mol. The summed E-state index contributed by atoms with van der Waals surface area (Å²) >= 11 is 0. The fourth-order valence-corrected chi connectivity index (χ4v) is 2.70. The summed E-state index contributed by atoms with van der Waals surface area (Å²) in [5, 5.41) is 20.4. The Labute approximate surface area is 123 Å². The summed E-state index contributed by atoms with van der Waals surface area (Å²) in [5.74, 6) is 0.227. The van der Waals surface area contributed by atoms with Crippen LogP contribution in [0.15, 0.2) is 6.07 Å². The SMILES string of the molecule is CCCCCc1cc(CC)c(O)c(O)c1CCCCC. The lowest BCUT2D eigenvalue weighted by Crippen LogP contribution is -1.99. The highest BCUT2D eigenvalue weighted by Gasteiger charge is 2.15. The molecule has 0 spiro atoms. The lowest BCUT2D eigenvalue weighted by Gasteiger charge is -2.16. The molecule has 2 heteroatoms. The van der Waals surface area contributed by atoms with Crippen LogP contribution in [0.3, 0.4) is 0 Å². The minimum atomic E-state index is 0.0956. The maximum atomic E-state index is 10.3. The Morgan fingerprint density at radius 3 is 1.90 bits per heavy atom. The zero-order valence-corrected chi connectivity index (χ0v) is 13.3. The van der Waals surface area contributed by atoms with Gasteiger partial charge >= 0.3 is 0 Å². The van der Waals surface area contributed by atoms with Crippen molar-refractivity contribution in [1.82, 2.24) is 0 Å². The standard InChI is InChI=1S/C18H30O2/c1-4-7-9-11-15-13-14(6-3)17(19)18(20)16(15)12-10-8-5-2/h13,19-20H,4-12H2,1-3H3. The quantitative estimate of drug-likeness (QED) is 0.486. The Balaban J connectivity index is 2.98. The first kappa shape index (κ1) is 16.9. The largest absolute Gasteiger partial charge is 0.504 e. The molecule has 0 saturated carbocycles. The first-order chi connectivity index (χ1) is 9.65. The Kier molecular flexibility index (Phi) is 7.50. The number of unbranched alkanes of at least 4 members (excludes halogenated alkanes) is 4. The minimum absolute atomic E-state index is 0.0956. The lowest BCUT2D eigenvalue weighted by atomic mass is 9.93. The van der Waals surface area contributed by atoms with Gasteiger partial charge in [0.05, 0.1) is 0 Å². The van der Waals surface area contributed by atoms with E-state index in [4.69, 9.17) is 0 Å². The number of phenols is 2. The highest BCUT2D eigenvalue weighted by molar-refractivity contribution is 5.54. The van der Waals surface area contributed by atoms with Crippen LogP contribution < -0.4 is 0 Å². The fraction of sp³-hybridized carbons (Fsp3) is 0.667. The smallest absolute Gasteiger partial charge is 0.161 e. The lowest BCUT2D eigenvalue weighted by molar-refractivity contribution is 0.393. The number of hydrogen-bond donors (Lipinski definition) is 2. The molecule has 1 rings (SSSR count). The Morgan fingerprint density at radius 1 is 0.750 bits per heavy atom. The zero-order chi connectivity index (χ0) is 15.0. The first-order valence-electron chi connectivity index (χ1n) is 8.21. The molecule has 0 aromatic heterocycles. The zero-order valence-electron chi connectivity index (χ0n) is 13.3. The van der Waals surface area contributed by atoms with Crippen LogP contribution in [0.4, 0.5) is 0 Å². The van der Waals surface area contributed by atoms with Crippen LogP contribution in [-0.2, 0) is 19.3 Å². The van der Waals surface area contributed by atoms with Crippen LogP contribution in [0.5, 0.6) is 11.5 Å². The molecule has 2 nitrogen and oxygen atoms in total. The molecule has 0 aliphatic rings. The van der Waals surface area contributed by atoms with E-state index < -0.39 is 0 Å². The topological polar surface area (TPSA) is 40.5 Å². The average Bonchev–Trinajstić information content (AvgIpc) is 2.45. The molecule has 0 amide bonds. The molecule has 0 atom stereocenters. The first-order valence-corrected chi connectivity index (χ1v) is 8.21. The molecule has 1 aromatic rings. The van der Waals surface area contributed by atoms with Gasteiger partial charge in [-0.2, -0.15) is 0 Å². The third kappa shape index (κ3) is 4.43. The number of phenolic OH excluding ortho intramolecular Hbond substituents is 2. The van der Waals surface area contributed by atoms with Crippen LogP contribution in [-0.4, -0.2) is 10.2 Å². The van der Waals surface area contributed by atoms with Crippen molar-refractivity contribution < 1.29 is 10.2 Å². The van der Waals surface area contributed by atoms with Gasteiger partial charge in [0.15, 0.2) is 11.5 Å². The monoisotopic (exact) mass is 278 g/mol. The van der Waals surface area contributed by atoms with E-state index in [1.54, 1.807) is 0 Å². The van der Waals surface area contributed by atoms with Crippen molar-refractivity contribution in [3.05, 3.63) is 22.8 Å². The third-order valence-corrected chi connectivity index (χ3v) is 4.01. The maximum absolute atomic E-state index is 10.3. The predicted octanol–water partition coefficient (Wildman–Crippen LogP) is 5.13. The predicted molar refractivity (Wildman–Crippen MR) is 85.6 cm³/mol. The van der Waals surface area contributed by atoms with Crippen molar-refractivity contribution in [1.29, 1.82) is 0 Å². The van der Waals surface area contributed by atoms with Crippen LogP contribution in [0.1, 0.15) is 76.0 Å². The van der Waals surface area contributed by atoms with E-state index in [1.807, 2.05) is 6.92 Å². The summed E-state index contributed by atoms with van der Waals surface area (Å²) in [5.41, 5.74) is 3.08. The second-order valence-corrected chi connectivity index (χ2v) is 5.64. The van der Waals surface area contributed by atoms with Gasteiger partial charge < -0.3 is 10.2 Å². The molecule has 0 bridgehead atoms. The van der Waals surface area contributed by atoms with E-state index in [-0.39, 0.29) is 11.5 Å². The van der Waals surface area contributed by atoms with Gasteiger partial charge in [0.25, 0.3) is 0 Å². The van der Waals surface area contributed by atoms with Gasteiger partial charge in [0.2, 0.25) is 0 Å². The van der Waals surface area contributed by atoms with E-state index in [0.717, 1.165) is 43.2 Å². The van der Waals surface area contributed by atoms with E-state index in [9.17, 15) is 10.2 Å². The highest BCUT2D eigenvalue weighted by atomic mass is 16.3. The summed E-state index contributed by atoms with van der Waals surface area (Å²) in [6.45, 7) is 6.40. The third-order valence-electron chi connectivity index (χ3n) is 4.01. The highest BCUT2D eigenvalue weighted by Crippen LogP contribution is 2.37. The van der Waals surface area contributed by atoms with Gasteiger partial charge in [-0.1, -0.05) is 52.5 Å². The number of hydrogen-bond acceptors (Lipinski definition) is 2. The molecule has 0 aliphatic heterocycles. The molecule has 2 N–H and O–H groups in total. The van der Waals surface area contributed by atoms with E-state index >= 15 is 0 Å². The van der Waals surface area contributed by atoms with Crippen molar-refractivity contribution in [2.24, 2.45) is 0 Å². The Hall–Kier alpha value is -1.18. The molecule has 0 aliphatic carbocycles. The van der Waals surface area contributed by atoms with Crippen LogP contribution in [0.2, 0.25) is 0 Å². The van der Waals surface area contributed by atoms with Crippen molar-refractivity contribution in [2.45, 2.75) is 78.6 Å². The molecule has 0 saturated heterocycles. The fourth-order valence-electron chi connectivity index (χ4n) is 2.70. The van der Waals surface area contributed by atoms with Crippen LogP contribution >= 0.6 is 0 Å². The van der Waals surface area contributed by atoms with Gasteiger partial charge in [0, 0.05) is 5.56 Å². The van der Waals surface area contributed by atoms with Gasteiger partial charge in [0.1, 0.15) is 0 Å². The van der Waals surface area contributed by atoms with Gasteiger partial charge in [-0.25, -0.2) is 0 Å². The van der Waals surface area contributed by atoms with E-state index in [2.05, 4.69) is 19.9 Å². The van der Waals surface area contributed by atoms with Crippen molar-refractivity contribution in [2.75, 3.05) is 0 Å². The van der Waals surface area contributed by atoms with Crippen molar-refractivity contribution in [3.8, 4) is 11.5 Å². The number of aryl methyl sites for hydroxylation is 2. The van der Waals surface area contributed by atoms with Crippen molar-refractivity contribution >= 4 is 0 Å². The molecule has 0 radical (unpaired) electrons. The van der Waals surface area contributed by atoms with E-state index in [1.165, 1.54) is 31.2 Å².